The number of hydrogen-bond acceptors (Lipinski definition) is 4. The Balaban J connectivity index is 4.22. The van der Waals surface area contributed by atoms with E-state index in [9.17, 15) is 4.79 Å². The zero-order valence-electron chi connectivity index (χ0n) is 11.7. The smallest absolute Gasteiger partial charge is 0.326 e. The van der Waals surface area contributed by atoms with E-state index in [1.165, 1.54) is 0 Å². The van der Waals surface area contributed by atoms with Gasteiger partial charge in [-0.25, -0.2) is 0 Å². The number of esters is 1. The summed E-state index contributed by atoms with van der Waals surface area (Å²) in [5.41, 5.74) is -0.509. The molecule has 1 atom stereocenters. The van der Waals surface area contributed by atoms with Gasteiger partial charge in [-0.2, -0.15) is 11.8 Å². The standard InChI is InChI=1S/C13H27NO2S/c1-5-10-14-13(3,12(15)16-6-2)9-7-8-11-17-4/h14H,5-11H2,1-4H3. The molecule has 0 amide bonds. The summed E-state index contributed by atoms with van der Waals surface area (Å²) in [5, 5.41) is 3.33. The minimum Gasteiger partial charge on any atom is -0.465 e. The molecule has 0 spiro atoms. The van der Waals surface area contributed by atoms with Gasteiger partial charge in [0, 0.05) is 0 Å². The molecule has 0 fully saturated rings. The first kappa shape index (κ1) is 16.8. The van der Waals surface area contributed by atoms with E-state index in [0.717, 1.165) is 38.0 Å². The first-order chi connectivity index (χ1) is 8.10. The average molecular weight is 261 g/mol. The molecule has 102 valence electrons. The maximum absolute atomic E-state index is 11.9. The zero-order valence-corrected chi connectivity index (χ0v) is 12.5. The summed E-state index contributed by atoms with van der Waals surface area (Å²) >= 11 is 1.85. The molecule has 17 heavy (non-hydrogen) atoms. The van der Waals surface area contributed by atoms with Gasteiger partial charge in [0.05, 0.1) is 6.61 Å². The SMILES string of the molecule is CCCNC(C)(CCCCSC)C(=O)OCC. The number of carbonyl (C=O) groups is 1. The molecule has 0 bridgehead atoms. The highest BCUT2D eigenvalue weighted by molar-refractivity contribution is 7.98. The number of ether oxygens (including phenoxy) is 1. The van der Waals surface area contributed by atoms with Crippen LogP contribution in [0, 0.1) is 0 Å². The Morgan fingerprint density at radius 2 is 2.06 bits per heavy atom. The molecule has 0 radical (unpaired) electrons. The summed E-state index contributed by atoms with van der Waals surface area (Å²) in [6, 6.07) is 0. The van der Waals surface area contributed by atoms with Crippen molar-refractivity contribution in [2.24, 2.45) is 0 Å². The minimum atomic E-state index is -0.509. The lowest BCUT2D eigenvalue weighted by atomic mass is 9.95. The number of thioether (sulfide) groups is 1. The van der Waals surface area contributed by atoms with Crippen molar-refractivity contribution in [1.29, 1.82) is 0 Å². The lowest BCUT2D eigenvalue weighted by Gasteiger charge is -2.28. The van der Waals surface area contributed by atoms with Crippen molar-refractivity contribution in [1.82, 2.24) is 5.32 Å². The van der Waals surface area contributed by atoms with Crippen molar-refractivity contribution in [3.8, 4) is 0 Å². The van der Waals surface area contributed by atoms with E-state index in [1.54, 1.807) is 0 Å². The van der Waals surface area contributed by atoms with Gasteiger partial charge in [-0.05, 0) is 51.7 Å². The van der Waals surface area contributed by atoms with Crippen LogP contribution in [0.5, 0.6) is 0 Å². The van der Waals surface area contributed by atoms with Gasteiger partial charge in [-0.1, -0.05) is 13.3 Å². The van der Waals surface area contributed by atoms with Crippen LogP contribution in [0.25, 0.3) is 0 Å². The molecule has 4 heteroatoms. The third kappa shape index (κ3) is 6.94. The lowest BCUT2D eigenvalue weighted by molar-refractivity contribution is -0.150. The number of rotatable bonds is 10. The summed E-state index contributed by atoms with van der Waals surface area (Å²) in [6.45, 7) is 7.22. The zero-order chi connectivity index (χ0) is 13.1. The molecule has 0 saturated heterocycles. The molecule has 0 heterocycles. The molecule has 0 aromatic heterocycles. The van der Waals surface area contributed by atoms with Crippen molar-refractivity contribution in [3.63, 3.8) is 0 Å². The van der Waals surface area contributed by atoms with Crippen LogP contribution in [0.2, 0.25) is 0 Å². The Hall–Kier alpha value is -0.220. The Morgan fingerprint density at radius 1 is 1.35 bits per heavy atom. The van der Waals surface area contributed by atoms with Crippen LogP contribution in [-0.4, -0.2) is 36.7 Å². The quantitative estimate of drug-likeness (QED) is 0.485. The second-order valence-corrected chi connectivity index (χ2v) is 5.41. The number of carbonyl (C=O) groups excluding carboxylic acids is 1. The van der Waals surface area contributed by atoms with Crippen LogP contribution in [0.4, 0.5) is 0 Å². The largest absolute Gasteiger partial charge is 0.465 e. The van der Waals surface area contributed by atoms with E-state index in [4.69, 9.17) is 4.74 Å². The molecule has 0 aliphatic rings. The molecule has 1 unspecified atom stereocenters. The molecule has 0 saturated carbocycles. The van der Waals surface area contributed by atoms with Crippen LogP contribution < -0.4 is 5.32 Å². The van der Waals surface area contributed by atoms with E-state index in [2.05, 4.69) is 18.5 Å². The Kier molecular flexibility index (Phi) is 9.65. The van der Waals surface area contributed by atoms with Gasteiger partial charge in [0.15, 0.2) is 0 Å². The Labute approximate surface area is 110 Å². The van der Waals surface area contributed by atoms with E-state index in [-0.39, 0.29) is 5.97 Å². The summed E-state index contributed by atoms with van der Waals surface area (Å²) in [7, 11) is 0. The van der Waals surface area contributed by atoms with E-state index >= 15 is 0 Å². The fourth-order valence-corrected chi connectivity index (χ4v) is 2.17. The topological polar surface area (TPSA) is 38.3 Å². The second-order valence-electron chi connectivity index (χ2n) is 4.43. The normalized spacial score (nSPS) is 14.4. The van der Waals surface area contributed by atoms with Gasteiger partial charge in [0.2, 0.25) is 0 Å². The monoisotopic (exact) mass is 261 g/mol. The highest BCUT2D eigenvalue weighted by atomic mass is 32.2. The predicted molar refractivity (Wildman–Crippen MR) is 75.6 cm³/mol. The summed E-state index contributed by atoms with van der Waals surface area (Å²) in [6.07, 6.45) is 6.21. The molecule has 0 aromatic carbocycles. The highest BCUT2D eigenvalue weighted by Crippen LogP contribution is 2.17. The Morgan fingerprint density at radius 3 is 2.59 bits per heavy atom. The minimum absolute atomic E-state index is 0.113. The maximum Gasteiger partial charge on any atom is 0.326 e. The first-order valence-electron chi connectivity index (χ1n) is 6.52. The van der Waals surface area contributed by atoms with Gasteiger partial charge in [-0.3, -0.25) is 4.79 Å². The first-order valence-corrected chi connectivity index (χ1v) is 7.91. The third-order valence-corrected chi connectivity index (χ3v) is 3.46. The molecular formula is C13H27NO2S. The van der Waals surface area contributed by atoms with Crippen LogP contribution >= 0.6 is 11.8 Å². The van der Waals surface area contributed by atoms with Gasteiger partial charge in [0.1, 0.15) is 5.54 Å². The molecule has 3 nitrogen and oxygen atoms in total. The predicted octanol–water partition coefficient (Wildman–Crippen LogP) is 2.84. The van der Waals surface area contributed by atoms with Crippen molar-refractivity contribution in [3.05, 3.63) is 0 Å². The molecule has 0 aromatic rings. The fraction of sp³-hybridized carbons (Fsp3) is 0.923. The highest BCUT2D eigenvalue weighted by Gasteiger charge is 2.33. The van der Waals surface area contributed by atoms with Crippen LogP contribution in [0.1, 0.15) is 46.5 Å². The Bertz CT molecular complexity index is 212. The van der Waals surface area contributed by atoms with Crippen molar-refractivity contribution >= 4 is 17.7 Å². The van der Waals surface area contributed by atoms with Gasteiger partial charge < -0.3 is 10.1 Å². The van der Waals surface area contributed by atoms with Crippen molar-refractivity contribution in [2.75, 3.05) is 25.2 Å². The van der Waals surface area contributed by atoms with E-state index in [1.807, 2.05) is 25.6 Å². The number of nitrogens with one attached hydrogen (secondary N) is 1. The van der Waals surface area contributed by atoms with E-state index < -0.39 is 5.54 Å². The number of unbranched alkanes of at least 4 members (excludes halogenated alkanes) is 1. The summed E-state index contributed by atoms with van der Waals surface area (Å²) in [5.74, 6) is 1.05. The molecular weight excluding hydrogens is 234 g/mol. The maximum atomic E-state index is 11.9. The van der Waals surface area contributed by atoms with Crippen LogP contribution in [-0.2, 0) is 9.53 Å². The second kappa shape index (κ2) is 9.77. The van der Waals surface area contributed by atoms with Gasteiger partial charge >= 0.3 is 5.97 Å². The number of hydrogen-bond donors (Lipinski definition) is 1. The van der Waals surface area contributed by atoms with Gasteiger partial charge in [0.25, 0.3) is 0 Å². The lowest BCUT2D eigenvalue weighted by Crippen LogP contribution is -2.50. The van der Waals surface area contributed by atoms with Crippen molar-refractivity contribution in [2.45, 2.75) is 52.0 Å². The molecule has 1 N–H and O–H groups in total. The molecule has 0 rings (SSSR count). The van der Waals surface area contributed by atoms with Crippen LogP contribution in [0.3, 0.4) is 0 Å². The average Bonchev–Trinajstić information content (AvgIpc) is 2.32. The summed E-state index contributed by atoms with van der Waals surface area (Å²) in [4.78, 5) is 11.9. The van der Waals surface area contributed by atoms with Crippen molar-refractivity contribution < 1.29 is 9.53 Å². The third-order valence-electron chi connectivity index (χ3n) is 2.77. The molecule has 0 aliphatic heterocycles. The molecule has 0 aliphatic carbocycles. The fourth-order valence-electron chi connectivity index (χ4n) is 1.68. The van der Waals surface area contributed by atoms with Crippen LogP contribution in [0.15, 0.2) is 0 Å². The summed E-state index contributed by atoms with van der Waals surface area (Å²) < 4.78 is 5.15. The van der Waals surface area contributed by atoms with Gasteiger partial charge in [-0.15, -0.1) is 0 Å². The van der Waals surface area contributed by atoms with E-state index in [0.29, 0.717) is 6.61 Å².